The minimum Gasteiger partial charge on any atom is -0.246 e. The second-order valence-corrected chi connectivity index (χ2v) is 13.0. The molecule has 0 spiro atoms. The second kappa shape index (κ2) is 4.25. The van der Waals surface area contributed by atoms with Crippen LogP contribution >= 0.6 is 0 Å². The fourth-order valence-electron chi connectivity index (χ4n) is 4.71. The number of hydrogen-bond acceptors (Lipinski definition) is 2. The van der Waals surface area contributed by atoms with Crippen molar-refractivity contribution in [3.63, 3.8) is 0 Å². The van der Waals surface area contributed by atoms with Crippen molar-refractivity contribution in [1.29, 1.82) is 0 Å². The maximum Gasteiger partial charge on any atom is 0.347 e. The Kier molecular flexibility index (Phi) is 2.71. The average molecular weight is 317 g/mol. The summed E-state index contributed by atoms with van der Waals surface area (Å²) in [6.07, 6.45) is 6.14. The summed E-state index contributed by atoms with van der Waals surface area (Å²) in [5.41, 5.74) is 2.46. The minimum atomic E-state index is -1.59. The molecule has 0 amide bonds. The van der Waals surface area contributed by atoms with Crippen LogP contribution in [0.15, 0.2) is 32.0 Å². The van der Waals surface area contributed by atoms with Crippen LogP contribution in [0.5, 0.6) is 0 Å². The highest BCUT2D eigenvalue weighted by Gasteiger charge is 2.48. The number of aromatic nitrogens is 3. The summed E-state index contributed by atoms with van der Waals surface area (Å²) in [6.45, 7) is 7.03. The lowest BCUT2D eigenvalue weighted by Crippen LogP contribution is -2.35. The monoisotopic (exact) mass is 317 g/mol. The van der Waals surface area contributed by atoms with E-state index in [-0.39, 0.29) is 17.4 Å². The minimum absolute atomic E-state index is 0.0681. The van der Waals surface area contributed by atoms with E-state index >= 15 is 0 Å². The van der Waals surface area contributed by atoms with Crippen LogP contribution in [0.4, 0.5) is 0 Å². The third kappa shape index (κ3) is 1.70. The number of H-pyrrole nitrogens is 1. The first-order chi connectivity index (χ1) is 10.3. The van der Waals surface area contributed by atoms with Gasteiger partial charge in [-0.05, 0) is 47.4 Å². The van der Waals surface area contributed by atoms with Gasteiger partial charge in [-0.2, -0.15) is 0 Å². The molecule has 4 rings (SSSR count). The van der Waals surface area contributed by atoms with Gasteiger partial charge in [-0.1, -0.05) is 25.7 Å². The van der Waals surface area contributed by atoms with Crippen molar-refractivity contribution < 1.29 is 0 Å². The van der Waals surface area contributed by atoms with Gasteiger partial charge in [0.15, 0.2) is 0 Å². The quantitative estimate of drug-likeness (QED) is 0.848. The molecule has 1 aromatic rings. The SMILES string of the molecule is Cn1c(=O)[nH]n([C@@H]2C=C3C(=C2[Si](C)(C)C)C2CCC3C2)c1=O. The fourth-order valence-corrected chi connectivity index (χ4v) is 6.97. The topological polar surface area (TPSA) is 59.8 Å². The van der Waals surface area contributed by atoms with E-state index in [9.17, 15) is 9.59 Å². The van der Waals surface area contributed by atoms with Gasteiger partial charge in [0.2, 0.25) is 0 Å². The maximum absolute atomic E-state index is 12.4. The zero-order valence-corrected chi connectivity index (χ0v) is 14.6. The zero-order valence-electron chi connectivity index (χ0n) is 13.6. The van der Waals surface area contributed by atoms with Gasteiger partial charge in [0, 0.05) is 7.05 Å². The number of nitrogens with one attached hydrogen (secondary N) is 1. The number of hydrogen-bond donors (Lipinski definition) is 1. The summed E-state index contributed by atoms with van der Waals surface area (Å²) < 4.78 is 2.71. The van der Waals surface area contributed by atoms with E-state index in [2.05, 4.69) is 30.8 Å². The molecule has 1 aromatic heterocycles. The van der Waals surface area contributed by atoms with Crippen LogP contribution in [-0.2, 0) is 7.05 Å². The molecule has 0 aromatic carbocycles. The van der Waals surface area contributed by atoms with Crippen LogP contribution in [0.25, 0.3) is 0 Å². The van der Waals surface area contributed by atoms with Crippen molar-refractivity contribution in [3.8, 4) is 0 Å². The molecule has 1 heterocycles. The molecular weight excluding hydrogens is 294 g/mol. The Labute approximate surface area is 130 Å². The lowest BCUT2D eigenvalue weighted by atomic mass is 9.92. The lowest BCUT2D eigenvalue weighted by Gasteiger charge is -2.28. The summed E-state index contributed by atoms with van der Waals surface area (Å²) in [7, 11) is -0.0546. The molecule has 2 unspecified atom stereocenters. The standard InChI is InChI=1S/C16H23N3O2Si/c1-18-15(20)17-19(16(18)21)12-8-11-9-5-6-10(7-9)13(11)14(12)22(2,3)4/h8-10,12H,5-7H2,1-4H3,(H,17,20)/t9?,10?,12-/m1/s1. The summed E-state index contributed by atoms with van der Waals surface area (Å²) >= 11 is 0. The van der Waals surface area contributed by atoms with Crippen molar-refractivity contribution in [2.24, 2.45) is 18.9 Å². The predicted molar refractivity (Wildman–Crippen MR) is 88.6 cm³/mol. The van der Waals surface area contributed by atoms with Gasteiger partial charge in [-0.15, -0.1) is 0 Å². The molecule has 2 fully saturated rings. The molecule has 3 atom stereocenters. The highest BCUT2D eigenvalue weighted by molar-refractivity contribution is 6.83. The molecule has 0 saturated heterocycles. The van der Waals surface area contributed by atoms with Crippen LogP contribution in [0.3, 0.4) is 0 Å². The van der Waals surface area contributed by atoms with Gasteiger partial charge >= 0.3 is 11.4 Å². The van der Waals surface area contributed by atoms with E-state index in [0.29, 0.717) is 11.8 Å². The molecule has 6 heteroatoms. The van der Waals surface area contributed by atoms with Crippen LogP contribution in [0.2, 0.25) is 19.6 Å². The van der Waals surface area contributed by atoms with E-state index < -0.39 is 8.07 Å². The summed E-state index contributed by atoms with van der Waals surface area (Å²) in [5.74, 6) is 1.37. The van der Waals surface area contributed by atoms with Gasteiger partial charge in [0.1, 0.15) is 0 Å². The number of aromatic amines is 1. The van der Waals surface area contributed by atoms with Gasteiger partial charge < -0.3 is 0 Å². The van der Waals surface area contributed by atoms with Gasteiger partial charge in [-0.3, -0.25) is 0 Å². The Balaban J connectivity index is 1.94. The van der Waals surface area contributed by atoms with E-state index in [0.717, 1.165) is 4.57 Å². The summed E-state index contributed by atoms with van der Waals surface area (Å²) in [5, 5.41) is 4.21. The Morgan fingerprint density at radius 3 is 2.45 bits per heavy atom. The van der Waals surface area contributed by atoms with Crippen molar-refractivity contribution >= 4 is 8.07 Å². The Bertz CT molecular complexity index is 831. The lowest BCUT2D eigenvalue weighted by molar-refractivity contribution is 0.576. The average Bonchev–Trinajstić information content (AvgIpc) is 3.14. The fraction of sp³-hybridized carbons (Fsp3) is 0.625. The van der Waals surface area contributed by atoms with Crippen molar-refractivity contribution in [3.05, 3.63) is 43.4 Å². The van der Waals surface area contributed by atoms with Gasteiger partial charge in [0.25, 0.3) is 0 Å². The largest absolute Gasteiger partial charge is 0.347 e. The zero-order chi connectivity index (χ0) is 15.8. The molecule has 1 N–H and O–H groups in total. The van der Waals surface area contributed by atoms with E-state index in [1.807, 2.05) is 0 Å². The number of nitrogens with zero attached hydrogens (tertiary/aromatic N) is 2. The first-order valence-electron chi connectivity index (χ1n) is 8.13. The first kappa shape index (κ1) is 14.1. The van der Waals surface area contributed by atoms with E-state index in [1.165, 1.54) is 37.1 Å². The van der Waals surface area contributed by atoms with Crippen molar-refractivity contribution in [2.75, 3.05) is 0 Å². The number of rotatable bonds is 2. The highest BCUT2D eigenvalue weighted by Crippen LogP contribution is 2.58. The maximum atomic E-state index is 12.4. The summed E-state index contributed by atoms with van der Waals surface area (Å²) in [6, 6.07) is -0.0681. The second-order valence-electron chi connectivity index (χ2n) is 7.98. The van der Waals surface area contributed by atoms with Crippen molar-refractivity contribution in [1.82, 2.24) is 14.3 Å². The highest BCUT2D eigenvalue weighted by atomic mass is 28.3. The van der Waals surface area contributed by atoms with Crippen molar-refractivity contribution in [2.45, 2.75) is 44.9 Å². The van der Waals surface area contributed by atoms with E-state index in [1.54, 1.807) is 10.3 Å². The molecule has 2 saturated carbocycles. The molecule has 3 aliphatic rings. The molecule has 3 aliphatic carbocycles. The third-order valence-corrected chi connectivity index (χ3v) is 7.80. The van der Waals surface area contributed by atoms with Crippen LogP contribution < -0.4 is 11.4 Å². The molecule has 2 bridgehead atoms. The van der Waals surface area contributed by atoms with Crippen LogP contribution in [-0.4, -0.2) is 22.4 Å². The number of allylic oxidation sites excluding steroid dienone is 4. The van der Waals surface area contributed by atoms with Gasteiger partial charge in [0.05, 0.1) is 14.1 Å². The Hall–Kier alpha value is -1.56. The normalized spacial score (nSPS) is 30.2. The molecule has 22 heavy (non-hydrogen) atoms. The van der Waals surface area contributed by atoms with Crippen LogP contribution in [0, 0.1) is 11.8 Å². The van der Waals surface area contributed by atoms with Crippen LogP contribution in [0.1, 0.15) is 25.3 Å². The molecule has 0 radical (unpaired) electrons. The molecular formula is C16H23N3O2Si. The predicted octanol–water partition coefficient (Wildman–Crippen LogP) is 1.96. The molecule has 118 valence electrons. The van der Waals surface area contributed by atoms with Gasteiger partial charge in [-0.25, -0.2) is 23.9 Å². The molecule has 0 aliphatic heterocycles. The number of fused-ring (bicyclic) bond motifs is 5. The smallest absolute Gasteiger partial charge is 0.246 e. The molecule has 5 nitrogen and oxygen atoms in total. The summed E-state index contributed by atoms with van der Waals surface area (Å²) in [4.78, 5) is 24.2. The van der Waals surface area contributed by atoms with E-state index in [4.69, 9.17) is 0 Å². The first-order valence-corrected chi connectivity index (χ1v) is 11.6. The Morgan fingerprint density at radius 2 is 1.86 bits per heavy atom. The Morgan fingerprint density at radius 1 is 1.18 bits per heavy atom. The third-order valence-electron chi connectivity index (χ3n) is 5.61.